The lowest BCUT2D eigenvalue weighted by Gasteiger charge is -2.33. The lowest BCUT2D eigenvalue weighted by Crippen LogP contribution is -2.53. The van der Waals surface area contributed by atoms with Crippen molar-refractivity contribution in [1.82, 2.24) is 10.2 Å². The molecule has 1 unspecified atom stereocenters. The quantitative estimate of drug-likeness (QED) is 0.449. The third-order valence-electron chi connectivity index (χ3n) is 6.32. The Balaban J connectivity index is 2.28. The summed E-state index contributed by atoms with van der Waals surface area (Å²) in [5.74, 6) is -0.365. The van der Waals surface area contributed by atoms with E-state index in [1.54, 1.807) is 11.0 Å². The van der Waals surface area contributed by atoms with E-state index in [2.05, 4.69) is 5.32 Å². The Labute approximate surface area is 223 Å². The van der Waals surface area contributed by atoms with E-state index >= 15 is 0 Å². The van der Waals surface area contributed by atoms with Gasteiger partial charge in [0.05, 0.1) is 11.9 Å². The first-order chi connectivity index (χ1) is 17.1. The SMILES string of the molecule is CCC(C(=O)NC(C)(C)C)N(Cc1cccc(C)c1)C(=O)CCCN(c1cccc(C)c1C)S(C)(=O)=O. The van der Waals surface area contributed by atoms with Gasteiger partial charge in [0.2, 0.25) is 21.8 Å². The van der Waals surface area contributed by atoms with Crippen LogP contribution in [0.2, 0.25) is 0 Å². The number of rotatable bonds is 11. The molecule has 8 heteroatoms. The van der Waals surface area contributed by atoms with Crippen LogP contribution in [0.4, 0.5) is 5.69 Å². The molecular weight excluding hydrogens is 486 g/mol. The maximum atomic E-state index is 13.6. The summed E-state index contributed by atoms with van der Waals surface area (Å²) in [7, 11) is -3.54. The molecule has 0 saturated heterocycles. The molecule has 0 saturated carbocycles. The average Bonchev–Trinajstić information content (AvgIpc) is 2.76. The molecule has 0 aromatic heterocycles. The fourth-order valence-corrected chi connectivity index (χ4v) is 5.38. The molecule has 2 rings (SSSR count). The number of amides is 2. The van der Waals surface area contributed by atoms with Gasteiger partial charge in [-0.05, 0) is 77.1 Å². The van der Waals surface area contributed by atoms with Gasteiger partial charge in [0.15, 0.2) is 0 Å². The summed E-state index contributed by atoms with van der Waals surface area (Å²) in [4.78, 5) is 28.4. The first kappa shape index (κ1) is 30.4. The van der Waals surface area contributed by atoms with Crippen molar-refractivity contribution in [2.75, 3.05) is 17.1 Å². The normalized spacial score (nSPS) is 12.6. The Kier molecular flexibility index (Phi) is 10.3. The van der Waals surface area contributed by atoms with Crippen LogP contribution in [0, 0.1) is 20.8 Å². The topological polar surface area (TPSA) is 86.8 Å². The molecule has 7 nitrogen and oxygen atoms in total. The Morgan fingerprint density at radius 2 is 1.68 bits per heavy atom. The standard InChI is InChI=1S/C29H43N3O4S/c1-9-25(28(34)30-29(5,6)7)31(20-24-15-10-13-21(2)19-24)27(33)17-12-18-32(37(8,35)36)26-16-11-14-22(3)23(26)4/h10-11,13-16,19,25H,9,12,17-18,20H2,1-8H3,(H,30,34). The van der Waals surface area contributed by atoms with Gasteiger partial charge in [0, 0.05) is 25.0 Å². The number of carbonyl (C=O) groups is 2. The van der Waals surface area contributed by atoms with Gasteiger partial charge in [-0.3, -0.25) is 13.9 Å². The van der Waals surface area contributed by atoms with E-state index in [1.807, 2.05) is 84.9 Å². The van der Waals surface area contributed by atoms with Gasteiger partial charge in [0.25, 0.3) is 0 Å². The third kappa shape index (κ3) is 8.88. The summed E-state index contributed by atoms with van der Waals surface area (Å²) < 4.78 is 26.6. The highest BCUT2D eigenvalue weighted by Crippen LogP contribution is 2.25. The van der Waals surface area contributed by atoms with E-state index < -0.39 is 21.6 Å². The van der Waals surface area contributed by atoms with E-state index in [9.17, 15) is 18.0 Å². The average molecular weight is 530 g/mol. The molecule has 0 fully saturated rings. The number of hydrogen-bond donors (Lipinski definition) is 1. The Bertz CT molecular complexity index is 1200. The minimum absolute atomic E-state index is 0.127. The molecule has 2 amide bonds. The molecule has 204 valence electrons. The number of sulfonamides is 1. The number of hydrogen-bond acceptors (Lipinski definition) is 4. The fourth-order valence-electron chi connectivity index (χ4n) is 4.37. The van der Waals surface area contributed by atoms with Crippen LogP contribution in [-0.4, -0.2) is 49.5 Å². The van der Waals surface area contributed by atoms with Crippen molar-refractivity contribution in [3.8, 4) is 0 Å². The fraction of sp³-hybridized carbons (Fsp3) is 0.517. The van der Waals surface area contributed by atoms with Gasteiger partial charge in [-0.15, -0.1) is 0 Å². The molecule has 1 N–H and O–H groups in total. The summed E-state index contributed by atoms with van der Waals surface area (Å²) in [5, 5.41) is 3.01. The smallest absolute Gasteiger partial charge is 0.243 e. The van der Waals surface area contributed by atoms with E-state index in [4.69, 9.17) is 0 Å². The van der Waals surface area contributed by atoms with Gasteiger partial charge in [-0.25, -0.2) is 8.42 Å². The Morgan fingerprint density at radius 1 is 1.03 bits per heavy atom. The van der Waals surface area contributed by atoms with Gasteiger partial charge >= 0.3 is 0 Å². The van der Waals surface area contributed by atoms with Crippen molar-refractivity contribution in [3.63, 3.8) is 0 Å². The second kappa shape index (κ2) is 12.6. The lowest BCUT2D eigenvalue weighted by molar-refractivity contribution is -0.142. The predicted octanol–water partition coefficient (Wildman–Crippen LogP) is 4.88. The van der Waals surface area contributed by atoms with Crippen molar-refractivity contribution >= 4 is 27.5 Å². The molecule has 0 spiro atoms. The number of nitrogens with zero attached hydrogens (tertiary/aromatic N) is 2. The van der Waals surface area contributed by atoms with Crippen molar-refractivity contribution < 1.29 is 18.0 Å². The zero-order chi connectivity index (χ0) is 28.0. The van der Waals surface area contributed by atoms with Crippen LogP contribution in [0.15, 0.2) is 42.5 Å². The minimum atomic E-state index is -3.54. The molecule has 0 bridgehead atoms. The number of carbonyl (C=O) groups excluding carboxylic acids is 2. The first-order valence-electron chi connectivity index (χ1n) is 12.8. The van der Waals surface area contributed by atoms with Crippen LogP contribution in [0.1, 0.15) is 69.2 Å². The van der Waals surface area contributed by atoms with E-state index in [0.29, 0.717) is 25.1 Å². The molecule has 0 radical (unpaired) electrons. The zero-order valence-corrected chi connectivity index (χ0v) is 24.4. The molecular formula is C29H43N3O4S. The number of nitrogens with one attached hydrogen (secondary N) is 1. The highest BCUT2D eigenvalue weighted by atomic mass is 32.2. The zero-order valence-electron chi connectivity index (χ0n) is 23.6. The minimum Gasteiger partial charge on any atom is -0.350 e. The largest absolute Gasteiger partial charge is 0.350 e. The Hall–Kier alpha value is -2.87. The van der Waals surface area contributed by atoms with Crippen LogP contribution in [0.25, 0.3) is 0 Å². The van der Waals surface area contributed by atoms with Crippen LogP contribution in [0.5, 0.6) is 0 Å². The second-order valence-corrected chi connectivity index (χ2v) is 12.7. The third-order valence-corrected chi connectivity index (χ3v) is 7.50. The van der Waals surface area contributed by atoms with Crippen molar-refractivity contribution in [3.05, 3.63) is 64.7 Å². The summed E-state index contributed by atoms with van der Waals surface area (Å²) in [6.45, 7) is 14.0. The Morgan fingerprint density at radius 3 is 2.24 bits per heavy atom. The summed E-state index contributed by atoms with van der Waals surface area (Å²) in [5.41, 5.74) is 4.12. The van der Waals surface area contributed by atoms with Gasteiger partial charge < -0.3 is 10.2 Å². The van der Waals surface area contributed by atoms with E-state index in [0.717, 1.165) is 22.3 Å². The maximum Gasteiger partial charge on any atom is 0.243 e. The molecule has 0 aliphatic rings. The highest BCUT2D eigenvalue weighted by Gasteiger charge is 2.31. The van der Waals surface area contributed by atoms with Crippen molar-refractivity contribution in [1.29, 1.82) is 0 Å². The molecule has 0 aliphatic heterocycles. The molecule has 2 aromatic carbocycles. The number of aryl methyl sites for hydroxylation is 2. The van der Waals surface area contributed by atoms with E-state index in [1.165, 1.54) is 10.6 Å². The van der Waals surface area contributed by atoms with Gasteiger partial charge in [-0.1, -0.05) is 48.9 Å². The summed E-state index contributed by atoms with van der Waals surface area (Å²) in [6.07, 6.45) is 2.12. The first-order valence-corrected chi connectivity index (χ1v) is 14.7. The van der Waals surface area contributed by atoms with Gasteiger partial charge in [-0.2, -0.15) is 0 Å². The van der Waals surface area contributed by atoms with E-state index in [-0.39, 0.29) is 24.8 Å². The van der Waals surface area contributed by atoms with Crippen molar-refractivity contribution in [2.45, 2.75) is 85.9 Å². The molecule has 0 heterocycles. The molecule has 1 atom stereocenters. The van der Waals surface area contributed by atoms with Crippen LogP contribution in [-0.2, 0) is 26.2 Å². The second-order valence-electron chi connectivity index (χ2n) is 10.8. The van der Waals surface area contributed by atoms with Gasteiger partial charge in [0.1, 0.15) is 6.04 Å². The highest BCUT2D eigenvalue weighted by molar-refractivity contribution is 7.92. The summed E-state index contributed by atoms with van der Waals surface area (Å²) in [6, 6.07) is 12.8. The number of benzene rings is 2. The van der Waals surface area contributed by atoms with Crippen LogP contribution < -0.4 is 9.62 Å². The maximum absolute atomic E-state index is 13.6. The number of anilines is 1. The molecule has 37 heavy (non-hydrogen) atoms. The monoisotopic (exact) mass is 529 g/mol. The predicted molar refractivity (Wildman–Crippen MR) is 151 cm³/mol. The van der Waals surface area contributed by atoms with Crippen LogP contribution in [0.3, 0.4) is 0 Å². The van der Waals surface area contributed by atoms with Crippen molar-refractivity contribution in [2.24, 2.45) is 0 Å². The molecule has 0 aliphatic carbocycles. The molecule has 2 aromatic rings. The summed E-state index contributed by atoms with van der Waals surface area (Å²) >= 11 is 0. The van der Waals surface area contributed by atoms with Crippen LogP contribution >= 0.6 is 0 Å². The lowest BCUT2D eigenvalue weighted by atomic mass is 10.0.